The second-order valence-electron chi connectivity index (χ2n) is 4.95. The summed E-state index contributed by atoms with van der Waals surface area (Å²) in [6, 6.07) is 2.55. The molecule has 2 rings (SSSR count). The van der Waals surface area contributed by atoms with E-state index in [0.717, 1.165) is 18.8 Å². The van der Waals surface area contributed by atoms with Gasteiger partial charge in [0.05, 0.1) is 6.10 Å². The van der Waals surface area contributed by atoms with Gasteiger partial charge in [0.15, 0.2) is 0 Å². The molecule has 5 heteroatoms. The molecule has 1 saturated carbocycles. The van der Waals surface area contributed by atoms with Crippen LogP contribution in [0.2, 0.25) is 0 Å². The molecule has 0 aliphatic heterocycles. The van der Waals surface area contributed by atoms with E-state index < -0.39 is 0 Å². The maximum atomic E-state index is 5.61. The molecule has 1 fully saturated rings. The van der Waals surface area contributed by atoms with E-state index in [1.807, 2.05) is 19.9 Å². The average Bonchev–Trinajstić information content (AvgIpc) is 3.14. The number of nitrogens with zero attached hydrogens (tertiary/aromatic N) is 3. The second-order valence-corrected chi connectivity index (χ2v) is 4.95. The topological polar surface area (TPSA) is 64.3 Å². The van der Waals surface area contributed by atoms with Crippen molar-refractivity contribution in [3.8, 4) is 5.88 Å². The zero-order valence-electron chi connectivity index (χ0n) is 11.2. The molecule has 1 aliphatic carbocycles. The van der Waals surface area contributed by atoms with E-state index >= 15 is 0 Å². The van der Waals surface area contributed by atoms with Gasteiger partial charge in [0.25, 0.3) is 0 Å². The smallest absolute Gasteiger partial charge is 0.218 e. The van der Waals surface area contributed by atoms with E-state index in [9.17, 15) is 0 Å². The molecule has 1 aromatic rings. The summed E-state index contributed by atoms with van der Waals surface area (Å²) in [4.78, 5) is 10.8. The molecular formula is C13H22N4O. The normalized spacial score (nSPS) is 14.9. The summed E-state index contributed by atoms with van der Waals surface area (Å²) in [5, 5.41) is 0. The summed E-state index contributed by atoms with van der Waals surface area (Å²) in [6.45, 7) is 5.66. The Morgan fingerprint density at radius 3 is 2.83 bits per heavy atom. The third-order valence-electron chi connectivity index (χ3n) is 2.87. The summed E-state index contributed by atoms with van der Waals surface area (Å²) in [5.41, 5.74) is 5.59. The lowest BCUT2D eigenvalue weighted by Gasteiger charge is -2.23. The average molecular weight is 250 g/mol. The van der Waals surface area contributed by atoms with Gasteiger partial charge in [0, 0.05) is 18.7 Å². The van der Waals surface area contributed by atoms with E-state index in [-0.39, 0.29) is 6.10 Å². The second kappa shape index (κ2) is 6.00. The van der Waals surface area contributed by atoms with Crippen LogP contribution in [0.3, 0.4) is 0 Å². The van der Waals surface area contributed by atoms with Gasteiger partial charge in [-0.1, -0.05) is 0 Å². The molecule has 18 heavy (non-hydrogen) atoms. The first-order chi connectivity index (χ1) is 8.70. The van der Waals surface area contributed by atoms with Gasteiger partial charge in [0.1, 0.15) is 12.1 Å². The number of anilines is 1. The number of aromatic nitrogens is 2. The first kappa shape index (κ1) is 13.1. The van der Waals surface area contributed by atoms with Crippen molar-refractivity contribution in [3.05, 3.63) is 12.4 Å². The molecule has 1 aliphatic rings. The Morgan fingerprint density at radius 2 is 2.22 bits per heavy atom. The molecular weight excluding hydrogens is 228 g/mol. The lowest BCUT2D eigenvalue weighted by atomic mass is 10.3. The first-order valence-corrected chi connectivity index (χ1v) is 6.66. The largest absolute Gasteiger partial charge is 0.475 e. The number of hydrogen-bond donors (Lipinski definition) is 1. The monoisotopic (exact) mass is 250 g/mol. The quantitative estimate of drug-likeness (QED) is 0.796. The Morgan fingerprint density at radius 1 is 1.44 bits per heavy atom. The highest BCUT2D eigenvalue weighted by molar-refractivity contribution is 5.43. The van der Waals surface area contributed by atoms with Crippen LogP contribution in [0, 0.1) is 0 Å². The maximum Gasteiger partial charge on any atom is 0.218 e. The van der Waals surface area contributed by atoms with Gasteiger partial charge in [0.2, 0.25) is 5.88 Å². The first-order valence-electron chi connectivity index (χ1n) is 6.66. The van der Waals surface area contributed by atoms with Crippen molar-refractivity contribution in [2.75, 3.05) is 18.0 Å². The van der Waals surface area contributed by atoms with Crippen molar-refractivity contribution in [2.24, 2.45) is 5.73 Å². The fourth-order valence-electron chi connectivity index (χ4n) is 1.92. The Hall–Kier alpha value is -1.36. The van der Waals surface area contributed by atoms with Gasteiger partial charge < -0.3 is 15.4 Å². The van der Waals surface area contributed by atoms with Gasteiger partial charge in [-0.15, -0.1) is 0 Å². The third kappa shape index (κ3) is 3.57. The zero-order valence-corrected chi connectivity index (χ0v) is 11.2. The summed E-state index contributed by atoms with van der Waals surface area (Å²) in [7, 11) is 0. The van der Waals surface area contributed by atoms with Crippen LogP contribution in [0.1, 0.15) is 33.1 Å². The van der Waals surface area contributed by atoms with Crippen molar-refractivity contribution < 1.29 is 4.74 Å². The highest BCUT2D eigenvalue weighted by atomic mass is 16.5. The van der Waals surface area contributed by atoms with Crippen LogP contribution in [0.4, 0.5) is 5.82 Å². The van der Waals surface area contributed by atoms with Gasteiger partial charge >= 0.3 is 0 Å². The minimum Gasteiger partial charge on any atom is -0.475 e. The molecule has 0 saturated heterocycles. The molecule has 1 heterocycles. The minimum absolute atomic E-state index is 0.131. The van der Waals surface area contributed by atoms with Gasteiger partial charge in [-0.3, -0.25) is 0 Å². The molecule has 100 valence electrons. The Balaban J connectivity index is 2.08. The number of nitrogens with two attached hydrogens (primary N) is 1. The molecule has 0 atom stereocenters. The Labute approximate surface area is 108 Å². The molecule has 0 radical (unpaired) electrons. The minimum atomic E-state index is 0.131. The van der Waals surface area contributed by atoms with E-state index in [0.29, 0.717) is 18.5 Å². The zero-order chi connectivity index (χ0) is 13.0. The highest BCUT2D eigenvalue weighted by Gasteiger charge is 2.29. The summed E-state index contributed by atoms with van der Waals surface area (Å²) >= 11 is 0. The predicted molar refractivity (Wildman–Crippen MR) is 71.8 cm³/mol. The number of rotatable bonds is 7. The summed E-state index contributed by atoms with van der Waals surface area (Å²) in [6.07, 6.45) is 5.18. The molecule has 5 nitrogen and oxygen atoms in total. The molecule has 1 aromatic heterocycles. The van der Waals surface area contributed by atoms with Gasteiger partial charge in [-0.05, 0) is 39.7 Å². The van der Waals surface area contributed by atoms with Crippen LogP contribution < -0.4 is 15.4 Å². The fraction of sp³-hybridized carbons (Fsp3) is 0.692. The Kier molecular flexibility index (Phi) is 4.36. The molecule has 0 amide bonds. The third-order valence-corrected chi connectivity index (χ3v) is 2.87. The molecule has 0 bridgehead atoms. The number of hydrogen-bond acceptors (Lipinski definition) is 5. The van der Waals surface area contributed by atoms with Crippen LogP contribution in [0.5, 0.6) is 5.88 Å². The lowest BCUT2D eigenvalue weighted by Crippen LogP contribution is -2.29. The van der Waals surface area contributed by atoms with Gasteiger partial charge in [-0.25, -0.2) is 9.97 Å². The van der Waals surface area contributed by atoms with Gasteiger partial charge in [-0.2, -0.15) is 0 Å². The van der Waals surface area contributed by atoms with Crippen molar-refractivity contribution >= 4 is 5.82 Å². The van der Waals surface area contributed by atoms with E-state index in [1.54, 1.807) is 6.33 Å². The molecule has 0 spiro atoms. The van der Waals surface area contributed by atoms with Crippen LogP contribution in [0.15, 0.2) is 12.4 Å². The van der Waals surface area contributed by atoms with Crippen molar-refractivity contribution in [1.82, 2.24) is 9.97 Å². The maximum absolute atomic E-state index is 5.61. The lowest BCUT2D eigenvalue weighted by molar-refractivity contribution is 0.232. The molecule has 0 unspecified atom stereocenters. The molecule has 2 N–H and O–H groups in total. The number of ether oxygens (including phenoxy) is 1. The van der Waals surface area contributed by atoms with Crippen molar-refractivity contribution in [2.45, 2.75) is 45.3 Å². The Bertz CT molecular complexity index is 379. The van der Waals surface area contributed by atoms with Crippen LogP contribution in [-0.2, 0) is 0 Å². The summed E-state index contributed by atoms with van der Waals surface area (Å²) < 4.78 is 5.61. The van der Waals surface area contributed by atoms with Crippen molar-refractivity contribution in [3.63, 3.8) is 0 Å². The van der Waals surface area contributed by atoms with Crippen molar-refractivity contribution in [1.29, 1.82) is 0 Å². The fourth-order valence-corrected chi connectivity index (χ4v) is 1.92. The van der Waals surface area contributed by atoms with Crippen LogP contribution in [-0.4, -0.2) is 35.2 Å². The standard InChI is InChI=1S/C13H22N4O/c1-10(2)18-13-8-12(15-9-16-13)17(7-3-6-14)11-4-5-11/h8-11H,3-7,14H2,1-2H3. The predicted octanol–water partition coefficient (Wildman–Crippen LogP) is 1.58. The highest BCUT2D eigenvalue weighted by Crippen LogP contribution is 2.31. The van der Waals surface area contributed by atoms with E-state index in [4.69, 9.17) is 10.5 Å². The van der Waals surface area contributed by atoms with Crippen LogP contribution in [0.25, 0.3) is 0 Å². The van der Waals surface area contributed by atoms with E-state index in [2.05, 4.69) is 14.9 Å². The summed E-state index contributed by atoms with van der Waals surface area (Å²) in [5.74, 6) is 1.60. The SMILES string of the molecule is CC(C)Oc1cc(N(CCCN)C2CC2)ncn1. The van der Waals surface area contributed by atoms with Crippen LogP contribution >= 0.6 is 0 Å². The van der Waals surface area contributed by atoms with E-state index in [1.165, 1.54) is 12.8 Å². The molecule has 0 aromatic carbocycles.